The van der Waals surface area contributed by atoms with Gasteiger partial charge in [0.15, 0.2) is 8.32 Å². The second-order valence-electron chi connectivity index (χ2n) is 8.00. The molecule has 0 aromatic carbocycles. The standard InChI is InChI=1S/C16H32O3Si2/c1-16(2,3)21(8,9)19-14(10-11-15(17)18-4)12-13-20(5,6)7/h14H,10-11H2,1-9H3/t14-/m1/s1. The van der Waals surface area contributed by atoms with E-state index >= 15 is 0 Å². The number of esters is 1. The Morgan fingerprint density at radius 1 is 1.14 bits per heavy atom. The van der Waals surface area contributed by atoms with E-state index in [2.05, 4.69) is 65.0 Å². The van der Waals surface area contributed by atoms with Crippen molar-refractivity contribution in [2.75, 3.05) is 7.11 Å². The summed E-state index contributed by atoms with van der Waals surface area (Å²) in [7, 11) is -1.92. The smallest absolute Gasteiger partial charge is 0.305 e. The molecule has 0 heterocycles. The van der Waals surface area contributed by atoms with Gasteiger partial charge >= 0.3 is 5.97 Å². The Morgan fingerprint density at radius 3 is 2.05 bits per heavy atom. The van der Waals surface area contributed by atoms with Crippen LogP contribution in [0.4, 0.5) is 0 Å². The molecule has 0 radical (unpaired) electrons. The highest BCUT2D eigenvalue weighted by Crippen LogP contribution is 2.37. The molecule has 0 aliphatic rings. The molecule has 0 aliphatic heterocycles. The van der Waals surface area contributed by atoms with Gasteiger partial charge in [0, 0.05) is 6.42 Å². The van der Waals surface area contributed by atoms with Crippen LogP contribution in [0.3, 0.4) is 0 Å². The van der Waals surface area contributed by atoms with Crippen LogP contribution in [-0.2, 0) is 14.0 Å². The van der Waals surface area contributed by atoms with Crippen LogP contribution in [0, 0.1) is 11.5 Å². The van der Waals surface area contributed by atoms with E-state index in [9.17, 15) is 4.79 Å². The van der Waals surface area contributed by atoms with Gasteiger partial charge in [-0.2, -0.15) is 0 Å². The van der Waals surface area contributed by atoms with E-state index < -0.39 is 16.4 Å². The maximum absolute atomic E-state index is 11.4. The van der Waals surface area contributed by atoms with E-state index in [0.29, 0.717) is 12.8 Å². The monoisotopic (exact) mass is 328 g/mol. The van der Waals surface area contributed by atoms with E-state index in [1.54, 1.807) is 0 Å². The quantitative estimate of drug-likeness (QED) is 0.431. The molecule has 3 nitrogen and oxygen atoms in total. The van der Waals surface area contributed by atoms with E-state index in [1.807, 2.05) is 0 Å². The Bertz CT molecular complexity index is 406. The maximum atomic E-state index is 11.4. The molecule has 0 fully saturated rings. The molecular formula is C16H32O3Si2. The highest BCUT2D eigenvalue weighted by atomic mass is 28.4. The first-order valence-corrected chi connectivity index (χ1v) is 14.0. The number of carbonyl (C=O) groups is 1. The van der Waals surface area contributed by atoms with Gasteiger partial charge in [0.1, 0.15) is 14.2 Å². The van der Waals surface area contributed by atoms with E-state index in [1.165, 1.54) is 7.11 Å². The van der Waals surface area contributed by atoms with Crippen molar-refractivity contribution in [3.05, 3.63) is 0 Å². The number of rotatable bonds is 5. The molecule has 0 saturated heterocycles. The zero-order valence-corrected chi connectivity index (χ0v) is 17.2. The van der Waals surface area contributed by atoms with Crippen LogP contribution in [0.1, 0.15) is 33.6 Å². The SMILES string of the molecule is COC(=O)CC[C@H](C#C[Si](C)(C)C)O[Si](C)(C)C(C)(C)C. The molecule has 0 spiro atoms. The minimum atomic E-state index is -1.89. The van der Waals surface area contributed by atoms with Gasteiger partial charge in [-0.15, -0.1) is 5.54 Å². The van der Waals surface area contributed by atoms with Gasteiger partial charge < -0.3 is 9.16 Å². The Labute approximate surface area is 132 Å². The Kier molecular flexibility index (Phi) is 7.41. The molecule has 5 heteroatoms. The van der Waals surface area contributed by atoms with Crippen LogP contribution >= 0.6 is 0 Å². The van der Waals surface area contributed by atoms with Crippen LogP contribution in [0.5, 0.6) is 0 Å². The molecule has 21 heavy (non-hydrogen) atoms. The molecular weight excluding hydrogens is 296 g/mol. The van der Waals surface area contributed by atoms with Crippen molar-refractivity contribution in [2.45, 2.75) is 77.5 Å². The van der Waals surface area contributed by atoms with Crippen LogP contribution in [-0.4, -0.2) is 35.6 Å². The first kappa shape index (κ1) is 20.4. The highest BCUT2D eigenvalue weighted by molar-refractivity contribution is 6.83. The minimum Gasteiger partial charge on any atom is -0.469 e. The average Bonchev–Trinajstić information content (AvgIpc) is 2.29. The van der Waals surface area contributed by atoms with Gasteiger partial charge in [0.2, 0.25) is 0 Å². The van der Waals surface area contributed by atoms with Crippen LogP contribution in [0.25, 0.3) is 0 Å². The van der Waals surface area contributed by atoms with Crippen molar-refractivity contribution in [3.63, 3.8) is 0 Å². The van der Waals surface area contributed by atoms with Gasteiger partial charge in [-0.3, -0.25) is 4.79 Å². The molecule has 1 atom stereocenters. The summed E-state index contributed by atoms with van der Waals surface area (Å²) >= 11 is 0. The summed E-state index contributed by atoms with van der Waals surface area (Å²) in [5.41, 5.74) is 3.37. The predicted molar refractivity (Wildman–Crippen MR) is 94.4 cm³/mol. The van der Waals surface area contributed by atoms with Crippen molar-refractivity contribution < 1.29 is 14.0 Å². The summed E-state index contributed by atoms with van der Waals surface area (Å²) in [6.07, 6.45) is 0.795. The van der Waals surface area contributed by atoms with Gasteiger partial charge in [-0.05, 0) is 24.6 Å². The summed E-state index contributed by atoms with van der Waals surface area (Å²) in [5, 5.41) is 0.136. The lowest BCUT2D eigenvalue weighted by molar-refractivity contribution is -0.141. The molecule has 0 rings (SSSR count). The number of ether oxygens (including phenoxy) is 1. The van der Waals surface area contributed by atoms with Crippen molar-refractivity contribution in [1.29, 1.82) is 0 Å². The molecule has 0 aromatic heterocycles. The number of hydrogen-bond donors (Lipinski definition) is 0. The van der Waals surface area contributed by atoms with Crippen LogP contribution in [0.15, 0.2) is 0 Å². The third-order valence-corrected chi connectivity index (χ3v) is 9.07. The van der Waals surface area contributed by atoms with Crippen molar-refractivity contribution >= 4 is 22.4 Å². The Hall–Kier alpha value is -0.576. The van der Waals surface area contributed by atoms with Crippen molar-refractivity contribution in [3.8, 4) is 11.5 Å². The fraction of sp³-hybridized carbons (Fsp3) is 0.812. The largest absolute Gasteiger partial charge is 0.469 e. The Morgan fingerprint density at radius 2 is 1.67 bits per heavy atom. The molecule has 0 N–H and O–H groups in total. The number of hydrogen-bond acceptors (Lipinski definition) is 3. The summed E-state index contributed by atoms with van der Waals surface area (Å²) in [6.45, 7) is 17.7. The first-order chi connectivity index (χ1) is 9.28. The second-order valence-corrected chi connectivity index (χ2v) is 17.5. The lowest BCUT2D eigenvalue weighted by Crippen LogP contribution is -2.43. The molecule has 122 valence electrons. The number of methoxy groups -OCH3 is 1. The summed E-state index contributed by atoms with van der Waals surface area (Å²) in [6, 6.07) is 0. The minimum absolute atomic E-state index is 0.136. The molecule has 0 aliphatic carbocycles. The van der Waals surface area contributed by atoms with Crippen LogP contribution in [0.2, 0.25) is 37.8 Å². The zero-order valence-electron chi connectivity index (χ0n) is 15.2. The molecule has 0 aromatic rings. The molecule has 0 unspecified atom stereocenters. The zero-order chi connectivity index (χ0) is 16.9. The molecule has 0 amide bonds. The number of carbonyl (C=O) groups excluding carboxylic acids is 1. The third-order valence-electron chi connectivity index (χ3n) is 3.69. The fourth-order valence-electron chi connectivity index (χ4n) is 1.34. The third kappa shape index (κ3) is 8.45. The molecule has 0 saturated carbocycles. The van der Waals surface area contributed by atoms with Gasteiger partial charge in [0.05, 0.1) is 7.11 Å². The summed E-state index contributed by atoms with van der Waals surface area (Å²) in [4.78, 5) is 11.4. The lowest BCUT2D eigenvalue weighted by atomic mass is 10.2. The predicted octanol–water partition coefficient (Wildman–Crippen LogP) is 4.21. The van der Waals surface area contributed by atoms with Gasteiger partial charge in [-0.1, -0.05) is 46.3 Å². The molecule has 0 bridgehead atoms. The average molecular weight is 329 g/mol. The Balaban J connectivity index is 5.04. The van der Waals surface area contributed by atoms with Crippen molar-refractivity contribution in [2.24, 2.45) is 0 Å². The summed E-state index contributed by atoms with van der Waals surface area (Å²) in [5.74, 6) is 3.08. The summed E-state index contributed by atoms with van der Waals surface area (Å²) < 4.78 is 11.1. The van der Waals surface area contributed by atoms with E-state index in [4.69, 9.17) is 9.16 Å². The van der Waals surface area contributed by atoms with E-state index in [0.717, 1.165) is 0 Å². The fourth-order valence-corrected chi connectivity index (χ4v) is 3.18. The first-order valence-electron chi connectivity index (χ1n) is 7.56. The topological polar surface area (TPSA) is 35.5 Å². The van der Waals surface area contributed by atoms with E-state index in [-0.39, 0.29) is 17.1 Å². The normalized spacial score (nSPS) is 14.1. The lowest BCUT2D eigenvalue weighted by Gasteiger charge is -2.38. The van der Waals surface area contributed by atoms with Crippen molar-refractivity contribution in [1.82, 2.24) is 0 Å². The van der Waals surface area contributed by atoms with Gasteiger partial charge in [0.25, 0.3) is 0 Å². The maximum Gasteiger partial charge on any atom is 0.305 e. The van der Waals surface area contributed by atoms with Crippen LogP contribution < -0.4 is 0 Å². The highest BCUT2D eigenvalue weighted by Gasteiger charge is 2.39. The van der Waals surface area contributed by atoms with Gasteiger partial charge in [-0.25, -0.2) is 0 Å². The second kappa shape index (κ2) is 7.62.